The first kappa shape index (κ1) is 17.8. The molecule has 2 nitrogen and oxygen atoms in total. The van der Waals surface area contributed by atoms with Crippen molar-refractivity contribution in [3.05, 3.63) is 0 Å². The average molecular weight is 309 g/mol. The second-order valence-electron chi connectivity index (χ2n) is 7.71. The van der Waals surface area contributed by atoms with Gasteiger partial charge in [0.05, 0.1) is 0 Å². The molecule has 2 rings (SSSR count). The molecule has 0 heterocycles. The Morgan fingerprint density at radius 1 is 0.955 bits per heavy atom. The Hall–Kier alpha value is -0.530. The van der Waals surface area contributed by atoms with Gasteiger partial charge in [-0.15, -0.1) is 0 Å². The molecule has 0 unspecified atom stereocenters. The fraction of sp³-hybridized carbons (Fsp3) is 0.950. The van der Waals surface area contributed by atoms with Gasteiger partial charge in [0.15, 0.2) is 0 Å². The summed E-state index contributed by atoms with van der Waals surface area (Å²) < 4.78 is 5.74. The SMILES string of the molecule is CCCCC(=O)O[C@@H]1CCC[C@@H]([C@H]2CC[C@@H](CCC)CC2)C1. The predicted octanol–water partition coefficient (Wildman–Crippen LogP) is 5.89. The maximum absolute atomic E-state index is 11.8. The molecular formula is C20H36O2. The van der Waals surface area contributed by atoms with E-state index in [4.69, 9.17) is 4.74 Å². The summed E-state index contributed by atoms with van der Waals surface area (Å²) in [4.78, 5) is 11.8. The third kappa shape index (κ3) is 5.59. The van der Waals surface area contributed by atoms with Crippen LogP contribution in [-0.4, -0.2) is 12.1 Å². The summed E-state index contributed by atoms with van der Waals surface area (Å²) in [6.07, 6.45) is 16.2. The van der Waals surface area contributed by atoms with Crippen molar-refractivity contribution in [2.75, 3.05) is 0 Å². The standard InChI is InChI=1S/C20H36O2/c1-3-5-10-20(21)22-19-9-6-8-18(15-19)17-13-11-16(7-4-2)12-14-17/h16-19H,3-15H2,1-2H3/t16-,17+,18-,19-/m1/s1. The van der Waals surface area contributed by atoms with Gasteiger partial charge < -0.3 is 4.74 Å². The van der Waals surface area contributed by atoms with E-state index in [0.29, 0.717) is 6.42 Å². The number of ether oxygens (including phenoxy) is 1. The van der Waals surface area contributed by atoms with Gasteiger partial charge in [0.25, 0.3) is 0 Å². The highest BCUT2D eigenvalue weighted by atomic mass is 16.5. The number of carbonyl (C=O) groups is 1. The first-order chi connectivity index (χ1) is 10.7. The Kier molecular flexibility index (Phi) is 7.75. The largest absolute Gasteiger partial charge is 0.462 e. The van der Waals surface area contributed by atoms with E-state index in [9.17, 15) is 4.79 Å². The highest BCUT2D eigenvalue weighted by Crippen LogP contribution is 2.41. The van der Waals surface area contributed by atoms with Crippen molar-refractivity contribution >= 4 is 5.97 Å². The summed E-state index contributed by atoms with van der Waals surface area (Å²) in [6, 6.07) is 0. The molecule has 2 fully saturated rings. The Labute approximate surface area is 137 Å². The molecule has 0 aliphatic heterocycles. The van der Waals surface area contributed by atoms with Crippen LogP contribution in [0.25, 0.3) is 0 Å². The number of rotatable bonds is 7. The normalized spacial score (nSPS) is 32.6. The van der Waals surface area contributed by atoms with Gasteiger partial charge in [-0.05, 0) is 62.7 Å². The second-order valence-corrected chi connectivity index (χ2v) is 7.71. The molecule has 0 N–H and O–H groups in total. The Balaban J connectivity index is 1.73. The molecule has 0 amide bonds. The van der Waals surface area contributed by atoms with E-state index in [-0.39, 0.29) is 12.1 Å². The number of hydrogen-bond acceptors (Lipinski definition) is 2. The van der Waals surface area contributed by atoms with Gasteiger partial charge in [-0.25, -0.2) is 0 Å². The van der Waals surface area contributed by atoms with Crippen LogP contribution in [0.1, 0.15) is 97.3 Å². The smallest absolute Gasteiger partial charge is 0.306 e. The zero-order chi connectivity index (χ0) is 15.8. The molecule has 2 aliphatic rings. The van der Waals surface area contributed by atoms with Crippen molar-refractivity contribution in [1.29, 1.82) is 0 Å². The van der Waals surface area contributed by atoms with Crippen LogP contribution in [0.2, 0.25) is 0 Å². The van der Waals surface area contributed by atoms with E-state index >= 15 is 0 Å². The minimum atomic E-state index is 0.0409. The minimum Gasteiger partial charge on any atom is -0.462 e. The number of hydrogen-bond donors (Lipinski definition) is 0. The molecular weight excluding hydrogens is 272 g/mol. The molecule has 0 saturated heterocycles. The molecule has 2 atom stereocenters. The summed E-state index contributed by atoms with van der Waals surface area (Å²) >= 11 is 0. The predicted molar refractivity (Wildman–Crippen MR) is 91.7 cm³/mol. The van der Waals surface area contributed by atoms with Gasteiger partial charge in [0.1, 0.15) is 6.10 Å². The van der Waals surface area contributed by atoms with Crippen LogP contribution in [-0.2, 0) is 9.53 Å². The van der Waals surface area contributed by atoms with E-state index in [1.807, 2.05) is 0 Å². The molecule has 0 bridgehead atoms. The molecule has 2 aliphatic carbocycles. The average Bonchev–Trinajstić information content (AvgIpc) is 2.54. The second kappa shape index (κ2) is 9.57. The first-order valence-electron chi connectivity index (χ1n) is 9.92. The first-order valence-corrected chi connectivity index (χ1v) is 9.92. The molecule has 22 heavy (non-hydrogen) atoms. The Bertz CT molecular complexity index is 318. The molecule has 2 heteroatoms. The lowest BCUT2D eigenvalue weighted by molar-refractivity contribution is -0.151. The molecule has 0 spiro atoms. The van der Waals surface area contributed by atoms with Gasteiger partial charge in [0, 0.05) is 6.42 Å². The maximum atomic E-state index is 11.8. The van der Waals surface area contributed by atoms with Crippen LogP contribution in [0.15, 0.2) is 0 Å². The lowest BCUT2D eigenvalue weighted by Crippen LogP contribution is -2.31. The monoisotopic (exact) mass is 308 g/mol. The Morgan fingerprint density at radius 3 is 2.41 bits per heavy atom. The fourth-order valence-electron chi connectivity index (χ4n) is 4.64. The van der Waals surface area contributed by atoms with Crippen LogP contribution >= 0.6 is 0 Å². The summed E-state index contributed by atoms with van der Waals surface area (Å²) in [5.74, 6) is 2.76. The maximum Gasteiger partial charge on any atom is 0.306 e. The number of carbonyl (C=O) groups excluding carboxylic acids is 1. The van der Waals surface area contributed by atoms with Crippen LogP contribution in [0.4, 0.5) is 0 Å². The van der Waals surface area contributed by atoms with Crippen LogP contribution in [0.3, 0.4) is 0 Å². The lowest BCUT2D eigenvalue weighted by Gasteiger charge is -2.38. The van der Waals surface area contributed by atoms with Gasteiger partial charge in [-0.2, -0.15) is 0 Å². The van der Waals surface area contributed by atoms with Crippen LogP contribution in [0.5, 0.6) is 0 Å². The molecule has 0 aromatic carbocycles. The zero-order valence-electron chi connectivity index (χ0n) is 14.8. The quantitative estimate of drug-likeness (QED) is 0.548. The Morgan fingerprint density at radius 2 is 1.73 bits per heavy atom. The third-order valence-electron chi connectivity index (χ3n) is 5.95. The van der Waals surface area contributed by atoms with Crippen molar-refractivity contribution in [2.24, 2.45) is 17.8 Å². The summed E-state index contributed by atoms with van der Waals surface area (Å²) in [5.41, 5.74) is 0. The zero-order valence-corrected chi connectivity index (χ0v) is 14.8. The van der Waals surface area contributed by atoms with E-state index in [1.165, 1.54) is 51.4 Å². The molecule has 128 valence electrons. The van der Waals surface area contributed by atoms with Gasteiger partial charge in [-0.1, -0.05) is 46.0 Å². The highest BCUT2D eigenvalue weighted by molar-refractivity contribution is 5.69. The van der Waals surface area contributed by atoms with Gasteiger partial charge in [-0.3, -0.25) is 4.79 Å². The van der Waals surface area contributed by atoms with Crippen LogP contribution < -0.4 is 0 Å². The van der Waals surface area contributed by atoms with E-state index in [0.717, 1.165) is 43.4 Å². The van der Waals surface area contributed by atoms with Crippen molar-refractivity contribution in [3.8, 4) is 0 Å². The van der Waals surface area contributed by atoms with Crippen LogP contribution in [0, 0.1) is 17.8 Å². The van der Waals surface area contributed by atoms with Crippen molar-refractivity contribution in [2.45, 2.75) is 103 Å². The van der Waals surface area contributed by atoms with Crippen molar-refractivity contribution < 1.29 is 9.53 Å². The van der Waals surface area contributed by atoms with Gasteiger partial charge in [0.2, 0.25) is 0 Å². The lowest BCUT2D eigenvalue weighted by atomic mass is 9.70. The van der Waals surface area contributed by atoms with Crippen molar-refractivity contribution in [1.82, 2.24) is 0 Å². The fourth-order valence-corrected chi connectivity index (χ4v) is 4.64. The van der Waals surface area contributed by atoms with Crippen molar-refractivity contribution in [3.63, 3.8) is 0 Å². The summed E-state index contributed by atoms with van der Waals surface area (Å²) in [7, 11) is 0. The molecule has 0 aromatic rings. The number of unbranched alkanes of at least 4 members (excludes halogenated alkanes) is 1. The van der Waals surface area contributed by atoms with Gasteiger partial charge >= 0.3 is 5.97 Å². The molecule has 0 aromatic heterocycles. The summed E-state index contributed by atoms with van der Waals surface area (Å²) in [6.45, 7) is 4.43. The minimum absolute atomic E-state index is 0.0409. The summed E-state index contributed by atoms with van der Waals surface area (Å²) in [5, 5.41) is 0. The highest BCUT2D eigenvalue weighted by Gasteiger charge is 2.32. The third-order valence-corrected chi connectivity index (χ3v) is 5.95. The number of esters is 1. The van der Waals surface area contributed by atoms with E-state index in [2.05, 4.69) is 13.8 Å². The topological polar surface area (TPSA) is 26.3 Å². The van der Waals surface area contributed by atoms with E-state index in [1.54, 1.807) is 0 Å². The molecule has 0 radical (unpaired) electrons. The van der Waals surface area contributed by atoms with E-state index < -0.39 is 0 Å². The molecule has 2 saturated carbocycles.